The molecule has 0 fully saturated rings. The van der Waals surface area contributed by atoms with Crippen LogP contribution in [0.25, 0.3) is 0 Å². The molecule has 0 saturated carbocycles. The molecule has 0 unspecified atom stereocenters. The van der Waals surface area contributed by atoms with E-state index in [0.29, 0.717) is 13.1 Å². The lowest BCUT2D eigenvalue weighted by Crippen LogP contribution is -2.30. The van der Waals surface area contributed by atoms with Crippen LogP contribution in [0.15, 0.2) is 78.9 Å². The predicted octanol–water partition coefficient (Wildman–Crippen LogP) is 6.18. The first-order valence-electron chi connectivity index (χ1n) is 10.7. The van der Waals surface area contributed by atoms with Crippen molar-refractivity contribution in [2.75, 3.05) is 6.54 Å². The molecule has 4 heteroatoms. The molecule has 0 aliphatic heterocycles. The van der Waals surface area contributed by atoms with Crippen LogP contribution < -0.4 is 4.74 Å². The Balaban J connectivity index is 1.80. The number of amides is 1. The van der Waals surface area contributed by atoms with Gasteiger partial charge in [0.05, 0.1) is 6.10 Å². The Hall–Kier alpha value is -3.14. The van der Waals surface area contributed by atoms with Crippen molar-refractivity contribution in [2.24, 2.45) is 0 Å². The number of rotatable bonds is 9. The fraction of sp³-hybridized carbons (Fsp3) is 0.296. The minimum Gasteiger partial charge on any atom is -0.491 e. The van der Waals surface area contributed by atoms with E-state index in [1.165, 1.54) is 12.1 Å². The molecule has 3 aromatic carbocycles. The summed E-state index contributed by atoms with van der Waals surface area (Å²) in [5.41, 5.74) is 3.25. The van der Waals surface area contributed by atoms with Gasteiger partial charge in [0.1, 0.15) is 11.6 Å². The zero-order valence-corrected chi connectivity index (χ0v) is 18.4. The molecule has 3 rings (SSSR count). The SMILES string of the molecule is CC(=O)N(CC[C@@H](c1ccc(F)cc1)c1ccc(OC(C)C)cc1)Cc1ccccc1. The Labute approximate surface area is 184 Å². The Morgan fingerprint density at radius 2 is 1.48 bits per heavy atom. The standard InChI is InChI=1S/C27H30FNO2/c1-20(2)31-26-15-11-24(12-16-26)27(23-9-13-25(28)14-10-23)17-18-29(21(3)30)19-22-7-5-4-6-8-22/h4-16,20,27H,17-19H2,1-3H3/t27-/m0/s1. The lowest BCUT2D eigenvalue weighted by molar-refractivity contribution is -0.129. The lowest BCUT2D eigenvalue weighted by Gasteiger charge is -2.25. The molecule has 1 atom stereocenters. The second kappa shape index (κ2) is 10.8. The van der Waals surface area contributed by atoms with E-state index in [4.69, 9.17) is 4.74 Å². The van der Waals surface area contributed by atoms with Crippen LogP contribution in [-0.4, -0.2) is 23.5 Å². The van der Waals surface area contributed by atoms with Gasteiger partial charge in [0.15, 0.2) is 0 Å². The maximum atomic E-state index is 13.5. The minimum absolute atomic E-state index is 0.0439. The quantitative estimate of drug-likeness (QED) is 0.414. The van der Waals surface area contributed by atoms with Crippen LogP contribution in [-0.2, 0) is 11.3 Å². The van der Waals surface area contributed by atoms with Crippen molar-refractivity contribution in [1.29, 1.82) is 0 Å². The monoisotopic (exact) mass is 419 g/mol. The molecule has 0 N–H and O–H groups in total. The topological polar surface area (TPSA) is 29.5 Å². The molecule has 0 aliphatic rings. The number of carbonyl (C=O) groups excluding carboxylic acids is 1. The van der Waals surface area contributed by atoms with Crippen LogP contribution >= 0.6 is 0 Å². The first-order chi connectivity index (χ1) is 14.9. The summed E-state index contributed by atoms with van der Waals surface area (Å²) in [5, 5.41) is 0. The third-order valence-electron chi connectivity index (χ3n) is 5.28. The number of ether oxygens (including phenoxy) is 1. The Bertz CT molecular complexity index is 953. The molecule has 0 bridgehead atoms. The van der Waals surface area contributed by atoms with Gasteiger partial charge in [-0.25, -0.2) is 4.39 Å². The van der Waals surface area contributed by atoms with Gasteiger partial charge in [-0.1, -0.05) is 54.6 Å². The first-order valence-corrected chi connectivity index (χ1v) is 10.7. The molecule has 0 aromatic heterocycles. The van der Waals surface area contributed by atoms with Crippen LogP contribution in [0.2, 0.25) is 0 Å². The number of nitrogens with zero attached hydrogens (tertiary/aromatic N) is 1. The van der Waals surface area contributed by atoms with Gasteiger partial charge in [-0.15, -0.1) is 0 Å². The van der Waals surface area contributed by atoms with Gasteiger partial charge in [0.2, 0.25) is 5.91 Å². The van der Waals surface area contributed by atoms with E-state index < -0.39 is 0 Å². The number of hydrogen-bond acceptors (Lipinski definition) is 2. The van der Waals surface area contributed by atoms with Crippen LogP contribution in [0.4, 0.5) is 4.39 Å². The van der Waals surface area contributed by atoms with Crippen molar-refractivity contribution in [2.45, 2.75) is 45.8 Å². The summed E-state index contributed by atoms with van der Waals surface area (Å²) in [6.07, 6.45) is 0.850. The summed E-state index contributed by atoms with van der Waals surface area (Å²) in [6, 6.07) is 24.7. The maximum absolute atomic E-state index is 13.5. The molecular formula is C27H30FNO2. The van der Waals surface area contributed by atoms with E-state index >= 15 is 0 Å². The molecule has 3 aromatic rings. The molecule has 3 nitrogen and oxygen atoms in total. The van der Waals surface area contributed by atoms with Crippen molar-refractivity contribution in [3.05, 3.63) is 101 Å². The van der Waals surface area contributed by atoms with Gasteiger partial charge in [0.25, 0.3) is 0 Å². The minimum atomic E-state index is -0.252. The van der Waals surface area contributed by atoms with E-state index in [9.17, 15) is 9.18 Å². The molecule has 0 spiro atoms. The van der Waals surface area contributed by atoms with E-state index in [1.807, 2.05) is 73.3 Å². The van der Waals surface area contributed by atoms with Crippen LogP contribution in [0.3, 0.4) is 0 Å². The van der Waals surface area contributed by atoms with Gasteiger partial charge in [-0.05, 0) is 61.2 Å². The molecule has 162 valence electrons. The summed E-state index contributed by atoms with van der Waals surface area (Å²) in [7, 11) is 0. The number of hydrogen-bond donors (Lipinski definition) is 0. The molecular weight excluding hydrogens is 389 g/mol. The molecule has 0 heterocycles. The maximum Gasteiger partial charge on any atom is 0.219 e. The van der Waals surface area contributed by atoms with Gasteiger partial charge >= 0.3 is 0 Å². The van der Waals surface area contributed by atoms with Crippen LogP contribution in [0, 0.1) is 5.82 Å². The van der Waals surface area contributed by atoms with Crippen molar-refractivity contribution in [3.63, 3.8) is 0 Å². The highest BCUT2D eigenvalue weighted by Gasteiger charge is 2.18. The zero-order chi connectivity index (χ0) is 22.2. The van der Waals surface area contributed by atoms with E-state index in [1.54, 1.807) is 6.92 Å². The summed E-state index contributed by atoms with van der Waals surface area (Å²) in [5.74, 6) is 0.664. The molecule has 31 heavy (non-hydrogen) atoms. The van der Waals surface area contributed by atoms with Gasteiger partial charge in [-0.3, -0.25) is 4.79 Å². The zero-order valence-electron chi connectivity index (χ0n) is 18.4. The van der Waals surface area contributed by atoms with Crippen molar-refractivity contribution < 1.29 is 13.9 Å². The summed E-state index contributed by atoms with van der Waals surface area (Å²) < 4.78 is 19.3. The van der Waals surface area contributed by atoms with E-state index in [0.717, 1.165) is 28.9 Å². The second-order valence-electron chi connectivity index (χ2n) is 8.05. The number of halogens is 1. The van der Waals surface area contributed by atoms with Crippen LogP contribution in [0.5, 0.6) is 5.75 Å². The largest absolute Gasteiger partial charge is 0.491 e. The third kappa shape index (κ3) is 6.68. The Morgan fingerprint density at radius 1 is 0.903 bits per heavy atom. The van der Waals surface area contributed by atoms with Gasteiger partial charge < -0.3 is 9.64 Å². The summed E-state index contributed by atoms with van der Waals surface area (Å²) in [6.45, 7) is 6.79. The second-order valence-corrected chi connectivity index (χ2v) is 8.05. The first kappa shape index (κ1) is 22.5. The highest BCUT2D eigenvalue weighted by atomic mass is 19.1. The van der Waals surface area contributed by atoms with Crippen molar-refractivity contribution in [1.82, 2.24) is 4.90 Å². The smallest absolute Gasteiger partial charge is 0.219 e. The molecule has 0 saturated heterocycles. The van der Waals surface area contributed by atoms with Gasteiger partial charge in [0, 0.05) is 25.9 Å². The fourth-order valence-corrected chi connectivity index (χ4v) is 3.71. The summed E-state index contributed by atoms with van der Waals surface area (Å²) in [4.78, 5) is 14.1. The van der Waals surface area contributed by atoms with E-state index in [-0.39, 0.29) is 23.7 Å². The summed E-state index contributed by atoms with van der Waals surface area (Å²) >= 11 is 0. The molecule has 1 amide bonds. The third-order valence-corrected chi connectivity index (χ3v) is 5.28. The average molecular weight is 420 g/mol. The average Bonchev–Trinajstić information content (AvgIpc) is 2.75. The Kier molecular flexibility index (Phi) is 7.82. The van der Waals surface area contributed by atoms with Gasteiger partial charge in [-0.2, -0.15) is 0 Å². The lowest BCUT2D eigenvalue weighted by atomic mass is 9.88. The van der Waals surface area contributed by atoms with Crippen molar-refractivity contribution in [3.8, 4) is 5.75 Å². The number of benzene rings is 3. The van der Waals surface area contributed by atoms with Crippen LogP contribution in [0.1, 0.15) is 49.8 Å². The molecule has 0 aliphatic carbocycles. The molecule has 0 radical (unpaired) electrons. The highest BCUT2D eigenvalue weighted by molar-refractivity contribution is 5.73. The normalized spacial score (nSPS) is 11.9. The fourth-order valence-electron chi connectivity index (χ4n) is 3.71. The van der Waals surface area contributed by atoms with E-state index in [2.05, 4.69) is 12.1 Å². The number of carbonyl (C=O) groups is 1. The predicted molar refractivity (Wildman–Crippen MR) is 123 cm³/mol. The van der Waals surface area contributed by atoms with Crippen molar-refractivity contribution >= 4 is 5.91 Å². The Morgan fingerprint density at radius 3 is 2.03 bits per heavy atom. The highest BCUT2D eigenvalue weighted by Crippen LogP contribution is 2.30.